The second kappa shape index (κ2) is 12.5. The minimum absolute atomic E-state index is 0.0578. The number of carbonyl (C=O) groups excluding carboxylic acids is 3. The van der Waals surface area contributed by atoms with Gasteiger partial charge in [0.25, 0.3) is 0 Å². The molecule has 0 radical (unpaired) electrons. The Morgan fingerprint density at radius 3 is 2.15 bits per heavy atom. The van der Waals surface area contributed by atoms with Gasteiger partial charge in [-0.2, -0.15) is 0 Å². The van der Waals surface area contributed by atoms with Gasteiger partial charge in [-0.05, 0) is 43.7 Å². The molecule has 9 heteroatoms. The number of aromatic amines is 1. The van der Waals surface area contributed by atoms with E-state index >= 15 is 4.79 Å². The third-order valence-electron chi connectivity index (χ3n) is 9.11. The number of hydrogen-bond donors (Lipinski definition) is 1. The Bertz CT molecular complexity index is 1770. The molecule has 0 saturated carbocycles. The van der Waals surface area contributed by atoms with Crippen molar-refractivity contribution in [3.8, 4) is 0 Å². The number of piperazine rings is 1. The van der Waals surface area contributed by atoms with Crippen LogP contribution in [0.2, 0.25) is 5.02 Å². The number of carbonyl (C=O) groups is 3. The Hall–Kier alpha value is -3.75. The van der Waals surface area contributed by atoms with Crippen molar-refractivity contribution < 1.29 is 14.4 Å². The molecular weight excluding hydrogens is 616 g/mol. The highest BCUT2D eigenvalue weighted by Gasteiger charge is 2.60. The molecular formula is C37H41ClN4O3S. The van der Waals surface area contributed by atoms with Gasteiger partial charge in [0.15, 0.2) is 0 Å². The molecule has 0 spiro atoms. The number of aryl methyl sites for hydroxylation is 2. The van der Waals surface area contributed by atoms with Gasteiger partial charge >= 0.3 is 0 Å². The van der Waals surface area contributed by atoms with Crippen molar-refractivity contribution in [1.29, 1.82) is 0 Å². The molecule has 2 saturated heterocycles. The zero-order valence-corrected chi connectivity index (χ0v) is 28.7. The lowest BCUT2D eigenvalue weighted by Gasteiger charge is -2.43. The molecule has 240 valence electrons. The zero-order valence-electron chi connectivity index (χ0n) is 27.1. The van der Waals surface area contributed by atoms with E-state index in [4.69, 9.17) is 11.6 Å². The van der Waals surface area contributed by atoms with Crippen LogP contribution in [0.3, 0.4) is 0 Å². The van der Waals surface area contributed by atoms with E-state index in [1.54, 1.807) is 0 Å². The average Bonchev–Trinajstić information content (AvgIpc) is 3.55. The van der Waals surface area contributed by atoms with Crippen LogP contribution in [0.15, 0.2) is 77.8 Å². The number of H-pyrrole nitrogens is 1. The summed E-state index contributed by atoms with van der Waals surface area (Å²) in [4.78, 5) is 52.4. The van der Waals surface area contributed by atoms with Crippen LogP contribution >= 0.6 is 23.4 Å². The Morgan fingerprint density at radius 2 is 1.52 bits per heavy atom. The van der Waals surface area contributed by atoms with Crippen LogP contribution in [0.1, 0.15) is 55.5 Å². The fraction of sp³-hybridized carbons (Fsp3) is 0.378. The summed E-state index contributed by atoms with van der Waals surface area (Å²) in [5.74, 6) is -0.0589. The lowest BCUT2D eigenvalue weighted by atomic mass is 9.90. The number of benzene rings is 3. The number of thioether (sulfide) groups is 1. The number of halogens is 1. The van der Waals surface area contributed by atoms with Crippen molar-refractivity contribution in [2.24, 2.45) is 5.41 Å². The maximum Gasteiger partial charge on any atom is 0.242 e. The maximum absolute atomic E-state index is 15.1. The van der Waals surface area contributed by atoms with Crippen LogP contribution in [-0.2, 0) is 20.9 Å². The van der Waals surface area contributed by atoms with Crippen LogP contribution in [0, 0.1) is 19.3 Å². The van der Waals surface area contributed by atoms with Crippen LogP contribution < -0.4 is 0 Å². The smallest absolute Gasteiger partial charge is 0.242 e. The summed E-state index contributed by atoms with van der Waals surface area (Å²) in [7, 11) is 0. The number of aromatic nitrogens is 1. The van der Waals surface area contributed by atoms with Gasteiger partial charge < -0.3 is 19.7 Å². The van der Waals surface area contributed by atoms with Gasteiger partial charge in [0.05, 0.1) is 12.5 Å². The largest absolute Gasteiger partial charge is 0.361 e. The van der Waals surface area contributed by atoms with Crippen molar-refractivity contribution in [2.75, 3.05) is 26.2 Å². The molecule has 3 amide bonds. The topological polar surface area (TPSA) is 76.7 Å². The summed E-state index contributed by atoms with van der Waals surface area (Å²) >= 11 is 7.86. The van der Waals surface area contributed by atoms with Crippen molar-refractivity contribution in [3.05, 3.63) is 100 Å². The highest BCUT2D eigenvalue weighted by atomic mass is 35.5. The van der Waals surface area contributed by atoms with Gasteiger partial charge in [0.2, 0.25) is 17.7 Å². The first-order valence-electron chi connectivity index (χ1n) is 15.8. The van der Waals surface area contributed by atoms with E-state index in [2.05, 4.69) is 29.2 Å². The summed E-state index contributed by atoms with van der Waals surface area (Å²) in [6, 6.07) is 21.5. The van der Waals surface area contributed by atoms with Crippen LogP contribution in [0.5, 0.6) is 0 Å². The van der Waals surface area contributed by atoms with Crippen LogP contribution in [0.4, 0.5) is 0 Å². The Balaban J connectivity index is 1.46. The molecule has 2 aliphatic rings. The second-order valence-electron chi connectivity index (χ2n) is 13.7. The van der Waals surface area contributed by atoms with Gasteiger partial charge in [-0.25, -0.2) is 0 Å². The van der Waals surface area contributed by atoms with E-state index in [0.717, 1.165) is 38.1 Å². The van der Waals surface area contributed by atoms with Crippen molar-refractivity contribution >= 4 is 52.0 Å². The zero-order chi connectivity index (χ0) is 32.8. The summed E-state index contributed by atoms with van der Waals surface area (Å²) in [6.45, 7) is 12.0. The van der Waals surface area contributed by atoms with Gasteiger partial charge in [0, 0.05) is 70.7 Å². The summed E-state index contributed by atoms with van der Waals surface area (Å²) in [5, 5.41) is 1.54. The third kappa shape index (κ3) is 6.17. The molecule has 0 bridgehead atoms. The highest BCUT2D eigenvalue weighted by Crippen LogP contribution is 2.55. The standard InChI is InChI=1S/C37H41ClN4O3S/c1-24-6-10-26(11-7-24)23-42-32(43)21-37(46-28-13-8-25(2)9-14-28,33(42)30-22-39-31-20-27(38)12-15-29(30)31)35(45)41-18-16-40(17-19-41)34(44)36(3,4)5/h6-15,20,22,33,39H,16-19,21,23H2,1-5H3. The molecule has 6 rings (SSSR count). The number of hydrogen-bond acceptors (Lipinski definition) is 4. The number of rotatable bonds is 6. The first-order chi connectivity index (χ1) is 21.9. The maximum atomic E-state index is 15.1. The molecule has 3 aromatic carbocycles. The minimum Gasteiger partial charge on any atom is -0.361 e. The highest BCUT2D eigenvalue weighted by molar-refractivity contribution is 8.01. The second-order valence-corrected chi connectivity index (χ2v) is 15.5. The van der Waals surface area contributed by atoms with E-state index < -0.39 is 16.2 Å². The minimum atomic E-state index is -1.15. The summed E-state index contributed by atoms with van der Waals surface area (Å²) in [6.07, 6.45) is 1.99. The first-order valence-corrected chi connectivity index (χ1v) is 17.0. The molecule has 2 unspecified atom stereocenters. The number of nitrogens with one attached hydrogen (secondary N) is 1. The molecule has 2 fully saturated rings. The SMILES string of the molecule is Cc1ccc(CN2C(=O)CC(Sc3ccc(C)cc3)(C(=O)N3CCN(C(=O)C(C)(C)C)CC3)C2c2c[nH]c3cc(Cl)ccc23)cc1. The van der Waals surface area contributed by atoms with Gasteiger partial charge in [0.1, 0.15) is 4.75 Å². The molecule has 2 atom stereocenters. The van der Waals surface area contributed by atoms with Gasteiger partial charge in [-0.3, -0.25) is 14.4 Å². The fourth-order valence-corrected chi connectivity index (χ4v) is 8.30. The molecule has 3 heterocycles. The van der Waals surface area contributed by atoms with E-state index in [0.29, 0.717) is 37.7 Å². The van der Waals surface area contributed by atoms with Crippen LogP contribution in [0.25, 0.3) is 10.9 Å². The van der Waals surface area contributed by atoms with Crippen molar-refractivity contribution in [2.45, 2.75) is 63.3 Å². The van der Waals surface area contributed by atoms with E-state index in [1.807, 2.05) is 98.0 Å². The Labute approximate surface area is 280 Å². The number of nitrogens with zero attached hydrogens (tertiary/aromatic N) is 3. The first kappa shape index (κ1) is 32.2. The predicted octanol–water partition coefficient (Wildman–Crippen LogP) is 7.16. The van der Waals surface area contributed by atoms with Gasteiger partial charge in [-0.1, -0.05) is 86.0 Å². The summed E-state index contributed by atoms with van der Waals surface area (Å²) in [5.41, 5.74) is 4.52. The fourth-order valence-electron chi connectivity index (χ4n) is 6.65. The van der Waals surface area contributed by atoms with E-state index in [1.165, 1.54) is 11.8 Å². The molecule has 4 aromatic rings. The normalized spacial score (nSPS) is 20.5. The van der Waals surface area contributed by atoms with Crippen molar-refractivity contribution in [3.63, 3.8) is 0 Å². The van der Waals surface area contributed by atoms with Crippen LogP contribution in [-0.4, -0.2) is 68.3 Å². The lowest BCUT2D eigenvalue weighted by Crippen LogP contribution is -2.58. The van der Waals surface area contributed by atoms with Gasteiger partial charge in [-0.15, -0.1) is 11.8 Å². The molecule has 0 aliphatic carbocycles. The molecule has 2 aliphatic heterocycles. The number of likely N-dealkylation sites (tertiary alicyclic amines) is 1. The Morgan fingerprint density at radius 1 is 0.913 bits per heavy atom. The van der Waals surface area contributed by atoms with E-state index in [-0.39, 0.29) is 24.1 Å². The lowest BCUT2D eigenvalue weighted by molar-refractivity contribution is -0.146. The summed E-state index contributed by atoms with van der Waals surface area (Å²) < 4.78 is -1.15. The molecule has 46 heavy (non-hydrogen) atoms. The van der Waals surface area contributed by atoms with Crippen molar-refractivity contribution in [1.82, 2.24) is 19.7 Å². The van der Waals surface area contributed by atoms with E-state index in [9.17, 15) is 9.59 Å². The number of amides is 3. The molecule has 1 N–H and O–H groups in total. The third-order valence-corrected chi connectivity index (χ3v) is 10.8. The molecule has 1 aromatic heterocycles. The quantitative estimate of drug-likeness (QED) is 0.239. The predicted molar refractivity (Wildman–Crippen MR) is 185 cm³/mol. The monoisotopic (exact) mass is 656 g/mol. The average molecular weight is 657 g/mol. The molecule has 7 nitrogen and oxygen atoms in total. The number of fused-ring (bicyclic) bond motifs is 1. The Kier molecular flexibility index (Phi) is 8.72.